The van der Waals surface area contributed by atoms with Gasteiger partial charge in [-0.25, -0.2) is 8.78 Å². The third-order valence-corrected chi connectivity index (χ3v) is 15.2. The van der Waals surface area contributed by atoms with E-state index in [0.29, 0.717) is 89.5 Å². The van der Waals surface area contributed by atoms with Crippen molar-refractivity contribution < 1.29 is 89.5 Å². The zero-order valence-corrected chi connectivity index (χ0v) is 46.5. The standard InChI is InChI=1S/C28H30FN5O2.C27H28FN5O2.CH4O.K.H2O/c1-3-19-15-22(20-5-4-6-20)24(25-31-27(36-2)33-32-25)16-23(19)26(35)34-13-11-28(29,12-14-34)21-9-7-18(17-30)8-10-21;1-2-18-14-21(19-4-3-5-19)23(24-31-32-26(30)35-24)15-22(18)25(34)33-12-10-27(28,11-13-33)20-8-6-17(16-29)7-9-20;1-2;;/h7-10,15-16,20H,3-6,11-14H2,1-2H3,(H,31,32,33);6-9,14-15,19H,2-5,10-13H2,1H3,(H2,30,32);2H,1H3;;1H2/q;;;+1;/p-1. The number of aromatic nitrogens is 5. The number of carbonyl (C=O) groups is 2. The number of nitrogens with one attached hydrogen (secondary N) is 1. The minimum Gasteiger partial charge on any atom is -0.870 e. The topological polar surface area (TPSA) is 254 Å². The number of aromatic amines is 1. The number of hydrogen-bond acceptors (Lipinski definition) is 13. The number of piperidine rings is 2. The second-order valence-corrected chi connectivity index (χ2v) is 19.2. The Hall–Kier alpha value is -5.90. The van der Waals surface area contributed by atoms with Crippen LogP contribution < -0.4 is 61.9 Å². The second-order valence-electron chi connectivity index (χ2n) is 19.2. The number of aliphatic hydroxyl groups excluding tert-OH is 1. The first-order valence-electron chi connectivity index (χ1n) is 25.2. The van der Waals surface area contributed by atoms with Gasteiger partial charge in [0, 0.05) is 81.2 Å². The van der Waals surface area contributed by atoms with E-state index in [4.69, 9.17) is 30.5 Å². The normalized spacial score (nSPS) is 16.6. The number of rotatable bonds is 11. The summed E-state index contributed by atoms with van der Waals surface area (Å²) in [6.45, 7) is 5.37. The average Bonchev–Trinajstić information content (AvgIpc) is 4.07. The van der Waals surface area contributed by atoms with E-state index >= 15 is 8.78 Å². The molecule has 5 N–H and O–H groups in total. The molecule has 6 aromatic rings. The fourth-order valence-electron chi connectivity index (χ4n) is 10.3. The number of nitrogen functional groups attached to an aromatic ring is 1. The molecule has 388 valence electrons. The van der Waals surface area contributed by atoms with Crippen LogP contribution in [0.25, 0.3) is 22.8 Å². The van der Waals surface area contributed by atoms with E-state index in [9.17, 15) is 9.59 Å². The fourth-order valence-corrected chi connectivity index (χ4v) is 10.3. The van der Waals surface area contributed by atoms with E-state index in [0.717, 1.165) is 67.0 Å². The Balaban J connectivity index is 0.000000230. The Labute approximate surface area is 478 Å². The second kappa shape index (κ2) is 25.8. The van der Waals surface area contributed by atoms with Crippen molar-refractivity contribution in [2.24, 2.45) is 0 Å². The molecule has 2 amide bonds. The predicted molar refractivity (Wildman–Crippen MR) is 273 cm³/mol. The molecule has 4 fully saturated rings. The summed E-state index contributed by atoms with van der Waals surface area (Å²) >= 11 is 0. The number of likely N-dealkylation sites (tertiary alicyclic amines) is 2. The van der Waals surface area contributed by atoms with Crippen LogP contribution in [-0.4, -0.2) is 98.0 Å². The number of nitriles is 2. The van der Waals surface area contributed by atoms with Crippen molar-refractivity contribution in [1.29, 1.82) is 10.5 Å². The van der Waals surface area contributed by atoms with Crippen molar-refractivity contribution in [1.82, 2.24) is 35.2 Å². The van der Waals surface area contributed by atoms with Crippen LogP contribution in [-0.2, 0) is 24.2 Å². The van der Waals surface area contributed by atoms with E-state index in [1.54, 1.807) is 58.3 Å². The summed E-state index contributed by atoms with van der Waals surface area (Å²) in [5, 5.41) is 40.0. The number of H-pyrrole nitrogens is 1. The number of aliphatic hydroxyl groups is 1. The summed E-state index contributed by atoms with van der Waals surface area (Å²) < 4.78 is 42.2. The summed E-state index contributed by atoms with van der Waals surface area (Å²) in [6, 6.07) is 25.7. The van der Waals surface area contributed by atoms with Gasteiger partial charge in [0.05, 0.1) is 30.4 Å². The Morgan fingerprint density at radius 1 is 0.747 bits per heavy atom. The first-order chi connectivity index (χ1) is 35.4. The van der Waals surface area contributed by atoms with Crippen LogP contribution in [0.4, 0.5) is 14.8 Å². The van der Waals surface area contributed by atoms with E-state index in [1.807, 2.05) is 19.1 Å². The minimum absolute atomic E-state index is 0. The monoisotopic (exact) mass is 1050 g/mol. The van der Waals surface area contributed by atoms with E-state index in [2.05, 4.69) is 56.6 Å². The maximum atomic E-state index is 15.8. The summed E-state index contributed by atoms with van der Waals surface area (Å²) in [5.41, 5.74) is 11.9. The third kappa shape index (κ3) is 12.5. The number of alkyl halides is 2. The maximum absolute atomic E-state index is 15.8. The van der Waals surface area contributed by atoms with Gasteiger partial charge in [-0.3, -0.25) is 14.7 Å². The molecular formula is C56H63F2KN10O6. The molecule has 4 aromatic carbocycles. The summed E-state index contributed by atoms with van der Waals surface area (Å²) in [7, 11) is 2.52. The molecule has 0 bridgehead atoms. The molecule has 75 heavy (non-hydrogen) atoms. The van der Waals surface area contributed by atoms with Gasteiger partial charge in [0.25, 0.3) is 11.8 Å². The zero-order chi connectivity index (χ0) is 51.9. The Morgan fingerprint density at radius 2 is 1.17 bits per heavy atom. The number of ether oxygens (including phenoxy) is 1. The number of carbonyl (C=O) groups excluding carboxylic acids is 2. The number of amides is 2. The fraction of sp³-hybridized carbons (Fsp3) is 0.429. The van der Waals surface area contributed by atoms with Gasteiger partial charge in [-0.05, 0) is 120 Å². The summed E-state index contributed by atoms with van der Waals surface area (Å²) in [6.07, 6.45) is 9.09. The van der Waals surface area contributed by atoms with Gasteiger partial charge in [-0.15, -0.1) is 10.2 Å². The maximum Gasteiger partial charge on any atom is 1.00 e. The number of aryl methyl sites for hydroxylation is 2. The quantitative estimate of drug-likeness (QED) is 0.113. The van der Waals surface area contributed by atoms with Gasteiger partial charge in [0.2, 0.25) is 5.89 Å². The van der Waals surface area contributed by atoms with Crippen LogP contribution in [0.2, 0.25) is 0 Å². The number of halogens is 2. The van der Waals surface area contributed by atoms with Crippen LogP contribution in [0.1, 0.15) is 155 Å². The molecule has 19 heteroatoms. The SMILES string of the molecule is CCc1cc(C2CCC2)c(-c2nc(OC)n[nH]2)cc1C(=O)N1CCC(F)(c2ccc(C#N)cc2)CC1.CCc1cc(C2CCC2)c(-c2nnc(N)o2)cc1C(=O)N1CCC(F)(c2ccc(C#N)cc2)CC1.CO.[K+].[OH-]. The number of hydrogen-bond donors (Lipinski definition) is 3. The molecule has 0 atom stereocenters. The van der Waals surface area contributed by atoms with Gasteiger partial charge in [0.15, 0.2) is 5.82 Å². The molecule has 2 saturated carbocycles. The molecule has 0 radical (unpaired) electrons. The molecule has 2 aliphatic carbocycles. The Morgan fingerprint density at radius 3 is 1.52 bits per heavy atom. The first kappa shape index (κ1) is 58.4. The first-order valence-corrected chi connectivity index (χ1v) is 25.2. The molecule has 10 rings (SSSR count). The Bertz CT molecular complexity index is 3000. The number of nitrogens with two attached hydrogens (primary N) is 1. The van der Waals surface area contributed by atoms with Gasteiger partial charge >= 0.3 is 63.4 Å². The van der Waals surface area contributed by atoms with Crippen LogP contribution in [0.5, 0.6) is 6.01 Å². The molecule has 2 aromatic heterocycles. The molecular weight excluding hydrogens is 986 g/mol. The van der Waals surface area contributed by atoms with Crippen molar-refractivity contribution in [2.45, 2.75) is 114 Å². The molecule has 4 aliphatic rings. The van der Waals surface area contributed by atoms with Crippen molar-refractivity contribution in [3.8, 4) is 41.0 Å². The van der Waals surface area contributed by atoms with Crippen LogP contribution in [0.3, 0.4) is 0 Å². The van der Waals surface area contributed by atoms with E-state index in [-0.39, 0.29) is 106 Å². The van der Waals surface area contributed by atoms with Gasteiger partial charge in [0.1, 0.15) is 11.3 Å². The molecule has 0 spiro atoms. The predicted octanol–water partition coefficient (Wildman–Crippen LogP) is 6.84. The number of nitrogens with zero attached hydrogens (tertiary/aromatic N) is 8. The molecule has 16 nitrogen and oxygen atoms in total. The van der Waals surface area contributed by atoms with Crippen molar-refractivity contribution >= 4 is 17.8 Å². The van der Waals surface area contributed by atoms with Crippen LogP contribution >= 0.6 is 0 Å². The summed E-state index contributed by atoms with van der Waals surface area (Å²) in [4.78, 5) is 35.3. The largest absolute Gasteiger partial charge is 1.00 e. The van der Waals surface area contributed by atoms with Crippen LogP contribution in [0, 0.1) is 22.7 Å². The number of anilines is 1. The van der Waals surface area contributed by atoms with Crippen molar-refractivity contribution in [3.05, 3.63) is 128 Å². The number of methoxy groups -OCH3 is 1. The zero-order valence-electron chi connectivity index (χ0n) is 43.3. The smallest absolute Gasteiger partial charge is 0.870 e. The van der Waals surface area contributed by atoms with Gasteiger partial charge in [-0.1, -0.05) is 68.2 Å². The minimum atomic E-state index is -1.52. The molecule has 4 heterocycles. The van der Waals surface area contributed by atoms with Crippen LogP contribution in [0.15, 0.2) is 77.2 Å². The molecule has 2 saturated heterocycles. The molecule has 0 unspecified atom stereocenters. The average molecular weight is 1050 g/mol. The van der Waals surface area contributed by atoms with E-state index in [1.165, 1.54) is 25.5 Å². The molecule has 2 aliphatic heterocycles. The number of benzene rings is 4. The van der Waals surface area contributed by atoms with Crippen molar-refractivity contribution in [2.75, 3.05) is 46.1 Å². The van der Waals surface area contributed by atoms with Crippen molar-refractivity contribution in [3.63, 3.8) is 0 Å². The van der Waals surface area contributed by atoms with E-state index < -0.39 is 11.3 Å². The Kier molecular flexibility index (Phi) is 20.0. The summed E-state index contributed by atoms with van der Waals surface area (Å²) in [5.74, 6) is 1.57. The van der Waals surface area contributed by atoms with Gasteiger partial charge < -0.3 is 35.3 Å². The van der Waals surface area contributed by atoms with Gasteiger partial charge in [-0.2, -0.15) is 15.5 Å². The third-order valence-electron chi connectivity index (χ3n) is 15.2.